The lowest BCUT2D eigenvalue weighted by Crippen LogP contribution is -2.11. The second-order valence-electron chi connectivity index (χ2n) is 4.74. The zero-order valence-electron chi connectivity index (χ0n) is 11.8. The summed E-state index contributed by atoms with van der Waals surface area (Å²) in [6.45, 7) is 4.17. The van der Waals surface area contributed by atoms with Gasteiger partial charge in [0.2, 0.25) is 5.13 Å². The van der Waals surface area contributed by atoms with Gasteiger partial charge in [0.15, 0.2) is 0 Å². The first-order chi connectivity index (χ1) is 9.69. The Morgan fingerprint density at radius 1 is 1.30 bits per heavy atom. The predicted molar refractivity (Wildman–Crippen MR) is 82.0 cm³/mol. The molecule has 1 aromatic carbocycles. The van der Waals surface area contributed by atoms with Crippen LogP contribution in [-0.4, -0.2) is 19.7 Å². The van der Waals surface area contributed by atoms with Gasteiger partial charge >= 0.3 is 0 Å². The molecule has 20 heavy (non-hydrogen) atoms. The number of aromatic nitrogens is 4. The van der Waals surface area contributed by atoms with Gasteiger partial charge in [-0.3, -0.25) is 0 Å². The van der Waals surface area contributed by atoms with E-state index in [-0.39, 0.29) is 6.04 Å². The van der Waals surface area contributed by atoms with Gasteiger partial charge in [-0.1, -0.05) is 30.4 Å². The molecule has 0 aliphatic carbocycles. The maximum atomic E-state index is 4.69. The summed E-state index contributed by atoms with van der Waals surface area (Å²) in [7, 11) is 2.04. The molecule has 0 aliphatic rings. The first-order valence-corrected chi connectivity index (χ1v) is 7.51. The number of anilines is 1. The lowest BCUT2D eigenvalue weighted by atomic mass is 10.3. The Hall–Kier alpha value is -1.95. The molecule has 2 heterocycles. The van der Waals surface area contributed by atoms with Crippen molar-refractivity contribution in [3.63, 3.8) is 0 Å². The number of hydrogen-bond acceptors (Lipinski definition) is 5. The van der Waals surface area contributed by atoms with Crippen LogP contribution in [0.15, 0.2) is 24.3 Å². The Kier molecular flexibility index (Phi) is 3.40. The summed E-state index contributed by atoms with van der Waals surface area (Å²) in [5, 5.41) is 13.6. The highest BCUT2D eigenvalue weighted by atomic mass is 32.1. The van der Waals surface area contributed by atoms with Crippen molar-refractivity contribution >= 4 is 27.5 Å². The summed E-state index contributed by atoms with van der Waals surface area (Å²) in [6, 6.07) is 8.24. The summed E-state index contributed by atoms with van der Waals surface area (Å²) < 4.78 is 2.12. The summed E-state index contributed by atoms with van der Waals surface area (Å²) in [5.41, 5.74) is 2.16. The Balaban J connectivity index is 1.88. The van der Waals surface area contributed by atoms with Gasteiger partial charge in [-0.15, -0.1) is 10.2 Å². The van der Waals surface area contributed by atoms with Gasteiger partial charge in [0.25, 0.3) is 0 Å². The number of hydrogen-bond donors (Lipinski definition) is 1. The Bertz CT molecular complexity index is 730. The van der Waals surface area contributed by atoms with E-state index in [2.05, 4.69) is 40.0 Å². The highest BCUT2D eigenvalue weighted by Gasteiger charge is 2.15. The van der Waals surface area contributed by atoms with Crippen LogP contribution in [0.4, 0.5) is 5.13 Å². The monoisotopic (exact) mass is 287 g/mol. The maximum Gasteiger partial charge on any atom is 0.206 e. The van der Waals surface area contributed by atoms with Crippen molar-refractivity contribution < 1.29 is 0 Å². The van der Waals surface area contributed by atoms with E-state index in [1.807, 2.05) is 25.2 Å². The van der Waals surface area contributed by atoms with Crippen LogP contribution in [0.25, 0.3) is 11.0 Å². The first-order valence-electron chi connectivity index (χ1n) is 6.69. The van der Waals surface area contributed by atoms with Gasteiger partial charge in [0, 0.05) is 7.05 Å². The van der Waals surface area contributed by atoms with Crippen LogP contribution in [0.5, 0.6) is 0 Å². The van der Waals surface area contributed by atoms with Crippen LogP contribution < -0.4 is 5.32 Å². The summed E-state index contributed by atoms with van der Waals surface area (Å²) in [5.74, 6) is 0.999. The molecular formula is C14H17N5S. The molecule has 2 aromatic heterocycles. The maximum absolute atomic E-state index is 4.69. The lowest BCUT2D eigenvalue weighted by molar-refractivity contribution is 0.731. The van der Waals surface area contributed by atoms with Crippen molar-refractivity contribution in [1.82, 2.24) is 19.7 Å². The molecule has 3 rings (SSSR count). The smallest absolute Gasteiger partial charge is 0.206 e. The average molecular weight is 287 g/mol. The molecule has 0 bridgehead atoms. The molecule has 0 spiro atoms. The number of nitrogens with zero attached hydrogens (tertiary/aromatic N) is 4. The third kappa shape index (κ3) is 2.27. The molecule has 104 valence electrons. The lowest BCUT2D eigenvalue weighted by Gasteiger charge is -2.12. The molecule has 1 atom stereocenters. The number of nitrogens with one attached hydrogen (secondary N) is 1. The summed E-state index contributed by atoms with van der Waals surface area (Å²) in [4.78, 5) is 4.69. The van der Waals surface area contributed by atoms with Crippen molar-refractivity contribution in [2.75, 3.05) is 5.32 Å². The number of para-hydroxylation sites is 2. The van der Waals surface area contributed by atoms with E-state index in [0.717, 1.165) is 33.4 Å². The van der Waals surface area contributed by atoms with Crippen molar-refractivity contribution in [3.8, 4) is 0 Å². The molecular weight excluding hydrogens is 270 g/mol. The van der Waals surface area contributed by atoms with Gasteiger partial charge in [0.05, 0.1) is 17.1 Å². The van der Waals surface area contributed by atoms with Crippen molar-refractivity contribution in [3.05, 3.63) is 35.1 Å². The number of rotatable bonds is 4. The topological polar surface area (TPSA) is 55.6 Å². The minimum absolute atomic E-state index is 0.0880. The van der Waals surface area contributed by atoms with Crippen LogP contribution in [-0.2, 0) is 13.5 Å². The van der Waals surface area contributed by atoms with E-state index in [1.54, 1.807) is 11.3 Å². The van der Waals surface area contributed by atoms with Gasteiger partial charge in [-0.05, 0) is 25.5 Å². The molecule has 0 amide bonds. The molecule has 5 nitrogen and oxygen atoms in total. The van der Waals surface area contributed by atoms with Crippen molar-refractivity contribution in [1.29, 1.82) is 0 Å². The van der Waals surface area contributed by atoms with Crippen molar-refractivity contribution in [2.24, 2.45) is 7.05 Å². The minimum Gasteiger partial charge on any atom is -0.350 e. The molecule has 3 aromatic rings. The number of imidazole rings is 1. The molecule has 0 radical (unpaired) electrons. The fraction of sp³-hybridized carbons (Fsp3) is 0.357. The molecule has 6 heteroatoms. The molecule has 0 saturated heterocycles. The Morgan fingerprint density at radius 2 is 2.10 bits per heavy atom. The highest BCUT2D eigenvalue weighted by molar-refractivity contribution is 7.15. The number of benzene rings is 1. The molecule has 1 unspecified atom stereocenters. The SMILES string of the molecule is CCc1nnc(NC(C)c2nc3ccccc3n2C)s1. The normalized spacial score (nSPS) is 12.8. The largest absolute Gasteiger partial charge is 0.350 e. The minimum atomic E-state index is 0.0880. The number of fused-ring (bicyclic) bond motifs is 1. The average Bonchev–Trinajstić information content (AvgIpc) is 3.04. The molecule has 0 fully saturated rings. The quantitative estimate of drug-likeness (QED) is 0.801. The van der Waals surface area contributed by atoms with Gasteiger partial charge in [-0.25, -0.2) is 4.98 Å². The zero-order valence-corrected chi connectivity index (χ0v) is 12.6. The van der Waals surface area contributed by atoms with E-state index in [4.69, 9.17) is 4.98 Å². The van der Waals surface area contributed by atoms with Gasteiger partial charge in [0.1, 0.15) is 10.8 Å². The summed E-state index contributed by atoms with van der Waals surface area (Å²) >= 11 is 1.60. The Labute approximate surface area is 121 Å². The third-order valence-electron chi connectivity index (χ3n) is 3.32. The van der Waals surface area contributed by atoms with Crippen LogP contribution in [0.3, 0.4) is 0 Å². The van der Waals surface area contributed by atoms with E-state index in [1.165, 1.54) is 0 Å². The molecule has 0 saturated carbocycles. The van der Waals surface area contributed by atoms with Crippen LogP contribution in [0, 0.1) is 0 Å². The molecule has 0 aliphatic heterocycles. The zero-order chi connectivity index (χ0) is 14.1. The molecule has 1 N–H and O–H groups in total. The van der Waals surface area contributed by atoms with Crippen molar-refractivity contribution in [2.45, 2.75) is 26.3 Å². The fourth-order valence-electron chi connectivity index (χ4n) is 2.26. The standard InChI is InChI=1S/C14H17N5S/c1-4-12-17-18-14(20-12)15-9(2)13-16-10-7-5-6-8-11(10)19(13)3/h5-9H,4H2,1-3H3,(H,15,18). The first kappa shape index (κ1) is 13.1. The predicted octanol–water partition coefficient (Wildman–Crippen LogP) is 3.16. The highest BCUT2D eigenvalue weighted by Crippen LogP contribution is 2.24. The second-order valence-corrected chi connectivity index (χ2v) is 5.80. The van der Waals surface area contributed by atoms with Crippen LogP contribution in [0.2, 0.25) is 0 Å². The summed E-state index contributed by atoms with van der Waals surface area (Å²) in [6.07, 6.45) is 0.917. The fourth-order valence-corrected chi connectivity index (χ4v) is 3.02. The van der Waals surface area contributed by atoms with E-state index >= 15 is 0 Å². The van der Waals surface area contributed by atoms with E-state index < -0.39 is 0 Å². The number of aryl methyl sites for hydroxylation is 2. The van der Waals surface area contributed by atoms with Gasteiger partial charge < -0.3 is 9.88 Å². The van der Waals surface area contributed by atoms with Gasteiger partial charge in [-0.2, -0.15) is 0 Å². The van der Waals surface area contributed by atoms with E-state index in [0.29, 0.717) is 0 Å². The van der Waals surface area contributed by atoms with Crippen LogP contribution >= 0.6 is 11.3 Å². The second kappa shape index (κ2) is 5.20. The Morgan fingerprint density at radius 3 is 2.80 bits per heavy atom. The van der Waals surface area contributed by atoms with E-state index in [9.17, 15) is 0 Å². The van der Waals surface area contributed by atoms with Crippen LogP contribution in [0.1, 0.15) is 30.7 Å². The third-order valence-corrected chi connectivity index (χ3v) is 4.32.